The second-order valence-corrected chi connectivity index (χ2v) is 8.66. The third-order valence-electron chi connectivity index (χ3n) is 5.90. The summed E-state index contributed by atoms with van der Waals surface area (Å²) in [5, 5.41) is 5.81. The Labute approximate surface area is 224 Å². The normalized spacial score (nSPS) is 13.0. The number of rotatable bonds is 15. The van der Waals surface area contributed by atoms with Crippen LogP contribution in [0.25, 0.3) is 0 Å². The average Bonchev–Trinajstić information content (AvgIpc) is 3.24. The first kappa shape index (κ1) is 30.2. The summed E-state index contributed by atoms with van der Waals surface area (Å²) in [5.74, 6) is 5.57. The molecule has 1 aliphatic rings. The van der Waals surface area contributed by atoms with Gasteiger partial charge in [-0.2, -0.15) is 0 Å². The fourth-order valence-electron chi connectivity index (χ4n) is 3.79. The zero-order chi connectivity index (χ0) is 27.9. The minimum absolute atomic E-state index is 0.00348. The largest absolute Gasteiger partial charge is 0.493 e. The number of carbonyl (C=O) groups is 4. The molecule has 1 aromatic carbocycles. The Kier molecular flexibility index (Phi) is 12.7. The van der Waals surface area contributed by atoms with E-state index >= 15 is 0 Å². The number of amides is 4. The van der Waals surface area contributed by atoms with Crippen LogP contribution in [0.5, 0.6) is 17.2 Å². The predicted molar refractivity (Wildman–Crippen MR) is 142 cm³/mol. The van der Waals surface area contributed by atoms with Gasteiger partial charge in [-0.05, 0) is 37.8 Å². The van der Waals surface area contributed by atoms with Crippen molar-refractivity contribution in [3.8, 4) is 29.1 Å². The lowest BCUT2D eigenvalue weighted by atomic mass is 10.1. The molecule has 2 N–H and O–H groups in total. The molecule has 38 heavy (non-hydrogen) atoms. The maximum Gasteiger partial charge on any atom is 0.254 e. The molecule has 0 aromatic heterocycles. The molecule has 1 aromatic rings. The average molecular weight is 528 g/mol. The van der Waals surface area contributed by atoms with Crippen molar-refractivity contribution in [2.45, 2.75) is 57.9 Å². The fraction of sp³-hybridized carbons (Fsp3) is 0.500. The molecule has 0 radical (unpaired) electrons. The molecule has 2 rings (SSSR count). The zero-order valence-electron chi connectivity index (χ0n) is 22.6. The number of methoxy groups -OCH3 is 3. The van der Waals surface area contributed by atoms with Gasteiger partial charge in [-0.25, -0.2) is 0 Å². The Balaban J connectivity index is 2.06. The van der Waals surface area contributed by atoms with Crippen molar-refractivity contribution in [3.05, 3.63) is 29.8 Å². The summed E-state index contributed by atoms with van der Waals surface area (Å²) in [5.41, 5.74) is 0.284. The summed E-state index contributed by atoms with van der Waals surface area (Å²) in [4.78, 5) is 49.8. The monoisotopic (exact) mass is 527 g/mol. The molecule has 0 saturated carbocycles. The summed E-state index contributed by atoms with van der Waals surface area (Å²) in [6.45, 7) is 2.70. The SMILES string of the molecule is CCCCCNC(=O)CCCCC(C#CCN1C(=O)C=CC1=O)NC(=O)c1cc(OC)c(OC)c(OC)c1. The van der Waals surface area contributed by atoms with Crippen LogP contribution < -0.4 is 24.8 Å². The molecule has 1 unspecified atom stereocenters. The number of hydrogen-bond acceptors (Lipinski definition) is 7. The van der Waals surface area contributed by atoms with Gasteiger partial charge in [-0.1, -0.05) is 31.6 Å². The van der Waals surface area contributed by atoms with Crippen molar-refractivity contribution in [1.82, 2.24) is 15.5 Å². The highest BCUT2D eigenvalue weighted by Crippen LogP contribution is 2.38. The van der Waals surface area contributed by atoms with Crippen molar-refractivity contribution in [2.24, 2.45) is 0 Å². The van der Waals surface area contributed by atoms with Gasteiger partial charge >= 0.3 is 0 Å². The molecule has 10 nitrogen and oxygen atoms in total. The van der Waals surface area contributed by atoms with Gasteiger partial charge in [0.15, 0.2) is 11.5 Å². The van der Waals surface area contributed by atoms with Gasteiger partial charge in [0.2, 0.25) is 11.7 Å². The van der Waals surface area contributed by atoms with Gasteiger partial charge in [0.05, 0.1) is 33.9 Å². The summed E-state index contributed by atoms with van der Waals surface area (Å²) < 4.78 is 16.0. The molecule has 0 aliphatic carbocycles. The fourth-order valence-corrected chi connectivity index (χ4v) is 3.79. The van der Waals surface area contributed by atoms with Gasteiger partial charge in [0.1, 0.15) is 0 Å². The number of hydrogen-bond donors (Lipinski definition) is 2. The highest BCUT2D eigenvalue weighted by Gasteiger charge is 2.22. The lowest BCUT2D eigenvalue weighted by molar-refractivity contribution is -0.136. The Morgan fingerprint density at radius 3 is 2.18 bits per heavy atom. The smallest absolute Gasteiger partial charge is 0.254 e. The minimum Gasteiger partial charge on any atom is -0.493 e. The summed E-state index contributed by atoms with van der Waals surface area (Å²) >= 11 is 0. The van der Waals surface area contributed by atoms with Crippen molar-refractivity contribution in [3.63, 3.8) is 0 Å². The van der Waals surface area contributed by atoms with E-state index in [0.29, 0.717) is 49.5 Å². The lowest BCUT2D eigenvalue weighted by Crippen LogP contribution is -2.34. The first-order valence-corrected chi connectivity index (χ1v) is 12.7. The highest BCUT2D eigenvalue weighted by molar-refractivity contribution is 6.13. The third-order valence-corrected chi connectivity index (χ3v) is 5.90. The van der Waals surface area contributed by atoms with Crippen molar-refractivity contribution in [2.75, 3.05) is 34.4 Å². The molecule has 1 heterocycles. The number of ether oxygens (including phenoxy) is 3. The van der Waals surface area contributed by atoms with E-state index in [1.807, 2.05) is 0 Å². The number of unbranched alkanes of at least 4 members (excludes halogenated alkanes) is 3. The van der Waals surface area contributed by atoms with E-state index in [1.54, 1.807) is 0 Å². The van der Waals surface area contributed by atoms with Gasteiger partial charge in [0, 0.05) is 30.7 Å². The second kappa shape index (κ2) is 16.0. The summed E-state index contributed by atoms with van der Waals surface area (Å²) in [7, 11) is 4.40. The first-order valence-electron chi connectivity index (χ1n) is 12.7. The van der Waals surface area contributed by atoms with Crippen LogP contribution in [-0.2, 0) is 14.4 Å². The number of carbonyl (C=O) groups excluding carboxylic acids is 4. The number of nitrogens with zero attached hydrogens (tertiary/aromatic N) is 1. The minimum atomic E-state index is -0.574. The van der Waals surface area contributed by atoms with Crippen LogP contribution in [0, 0.1) is 11.8 Å². The molecule has 0 spiro atoms. The third kappa shape index (κ3) is 9.14. The van der Waals surface area contributed by atoms with Crippen molar-refractivity contribution in [1.29, 1.82) is 0 Å². The molecular weight excluding hydrogens is 490 g/mol. The second-order valence-electron chi connectivity index (χ2n) is 8.66. The van der Waals surface area contributed by atoms with E-state index in [4.69, 9.17) is 14.2 Å². The molecule has 10 heteroatoms. The van der Waals surface area contributed by atoms with Crippen LogP contribution in [0.2, 0.25) is 0 Å². The standard InChI is InChI=1S/C28H37N3O7/c1-5-6-9-16-29-24(32)13-8-7-11-21(12-10-17-31-25(33)14-15-26(31)34)30-28(35)20-18-22(36-2)27(38-4)23(19-20)37-3/h14-15,18-19,21H,5-9,11,13,16-17H2,1-4H3,(H,29,32)(H,30,35). The van der Waals surface area contributed by atoms with Crippen LogP contribution in [0.1, 0.15) is 62.2 Å². The van der Waals surface area contributed by atoms with E-state index < -0.39 is 23.8 Å². The first-order chi connectivity index (χ1) is 18.3. The van der Waals surface area contributed by atoms with E-state index in [2.05, 4.69) is 29.4 Å². The summed E-state index contributed by atoms with van der Waals surface area (Å²) in [6.07, 6.45) is 7.66. The molecule has 0 bridgehead atoms. The Morgan fingerprint density at radius 1 is 0.947 bits per heavy atom. The molecular formula is C28H37N3O7. The number of imide groups is 1. The number of nitrogens with one attached hydrogen (secondary N) is 2. The highest BCUT2D eigenvalue weighted by atomic mass is 16.5. The van der Waals surface area contributed by atoms with Crippen molar-refractivity contribution >= 4 is 23.6 Å². The van der Waals surface area contributed by atoms with Crippen LogP contribution in [0.3, 0.4) is 0 Å². The van der Waals surface area contributed by atoms with Crippen LogP contribution in [0.15, 0.2) is 24.3 Å². The molecule has 0 fully saturated rings. The van der Waals surface area contributed by atoms with Crippen LogP contribution >= 0.6 is 0 Å². The van der Waals surface area contributed by atoms with Gasteiger partial charge in [-0.15, -0.1) is 0 Å². The Bertz CT molecular complexity index is 1040. The van der Waals surface area contributed by atoms with E-state index in [-0.39, 0.29) is 18.0 Å². The molecule has 1 aliphatic heterocycles. The lowest BCUT2D eigenvalue weighted by Gasteiger charge is -2.17. The number of benzene rings is 1. The van der Waals surface area contributed by atoms with Crippen LogP contribution in [0.4, 0.5) is 0 Å². The Hall–Kier alpha value is -4.00. The summed E-state index contributed by atoms with van der Waals surface area (Å²) in [6, 6.07) is 2.50. The molecule has 4 amide bonds. The van der Waals surface area contributed by atoms with Crippen molar-refractivity contribution < 1.29 is 33.4 Å². The van der Waals surface area contributed by atoms with Gasteiger partial charge < -0.3 is 24.8 Å². The predicted octanol–water partition coefficient (Wildman–Crippen LogP) is 2.61. The maximum absolute atomic E-state index is 13.1. The van der Waals surface area contributed by atoms with E-state index in [0.717, 1.165) is 24.2 Å². The molecule has 1 atom stereocenters. The van der Waals surface area contributed by atoms with Gasteiger partial charge in [0.25, 0.3) is 17.7 Å². The van der Waals surface area contributed by atoms with Crippen LogP contribution in [-0.4, -0.2) is 69.0 Å². The van der Waals surface area contributed by atoms with E-state index in [9.17, 15) is 19.2 Å². The molecule has 206 valence electrons. The maximum atomic E-state index is 13.1. The Morgan fingerprint density at radius 2 is 1.61 bits per heavy atom. The zero-order valence-corrected chi connectivity index (χ0v) is 22.6. The van der Waals surface area contributed by atoms with E-state index in [1.165, 1.54) is 45.6 Å². The van der Waals surface area contributed by atoms with Gasteiger partial charge in [-0.3, -0.25) is 24.1 Å². The molecule has 0 saturated heterocycles. The quantitative estimate of drug-likeness (QED) is 0.204. The topological polar surface area (TPSA) is 123 Å².